The summed E-state index contributed by atoms with van der Waals surface area (Å²) in [5.41, 5.74) is 0. The van der Waals surface area contributed by atoms with E-state index in [1.165, 1.54) is 37.3 Å². The first kappa shape index (κ1) is 14.6. The molecule has 3 heterocycles. The summed E-state index contributed by atoms with van der Waals surface area (Å²) in [5, 5.41) is 8.70. The predicted molar refractivity (Wildman–Crippen MR) is 83.4 cm³/mol. The quantitative estimate of drug-likeness (QED) is 0.840. The normalized spacial score (nSPS) is 22.3. The second-order valence-corrected chi connectivity index (χ2v) is 6.64. The van der Waals surface area contributed by atoms with E-state index in [4.69, 9.17) is 5.11 Å². The molecule has 0 radical (unpaired) electrons. The van der Waals surface area contributed by atoms with Crippen LogP contribution in [0.1, 0.15) is 33.8 Å². The van der Waals surface area contributed by atoms with Crippen LogP contribution in [0.4, 0.5) is 0 Å². The lowest BCUT2D eigenvalue weighted by Gasteiger charge is -2.23. The highest BCUT2D eigenvalue weighted by Gasteiger charge is 2.32. The molecule has 1 unspecified atom stereocenters. The van der Waals surface area contributed by atoms with Crippen LogP contribution in [0.5, 0.6) is 0 Å². The van der Waals surface area contributed by atoms with E-state index < -0.39 is 0 Å². The van der Waals surface area contributed by atoms with Gasteiger partial charge in [0.1, 0.15) is 6.61 Å². The number of thiophene rings is 1. The van der Waals surface area contributed by atoms with E-state index in [0.29, 0.717) is 6.04 Å². The highest BCUT2D eigenvalue weighted by Crippen LogP contribution is 2.24. The summed E-state index contributed by atoms with van der Waals surface area (Å²) >= 11 is 1.41. The molecule has 0 aliphatic carbocycles. The minimum Gasteiger partial charge on any atom is -0.384 e. The van der Waals surface area contributed by atoms with Crippen molar-refractivity contribution in [3.8, 4) is 11.8 Å². The number of amides is 1. The first-order valence-electron chi connectivity index (χ1n) is 7.51. The zero-order chi connectivity index (χ0) is 14.7. The lowest BCUT2D eigenvalue weighted by molar-refractivity contribution is 0.0785. The third-order valence-electron chi connectivity index (χ3n) is 4.22. The Hall–Kier alpha value is -1.35. The molecule has 0 saturated carbocycles. The van der Waals surface area contributed by atoms with Crippen LogP contribution in [0, 0.1) is 11.8 Å². The monoisotopic (exact) mass is 304 g/mol. The predicted octanol–water partition coefficient (Wildman–Crippen LogP) is 1.40. The maximum absolute atomic E-state index is 12.5. The highest BCUT2D eigenvalue weighted by molar-refractivity contribution is 7.14. The van der Waals surface area contributed by atoms with Crippen molar-refractivity contribution in [2.45, 2.75) is 25.3 Å². The molecule has 21 heavy (non-hydrogen) atoms. The van der Waals surface area contributed by atoms with Crippen molar-refractivity contribution >= 4 is 17.2 Å². The van der Waals surface area contributed by atoms with Gasteiger partial charge in [0.2, 0.25) is 0 Å². The van der Waals surface area contributed by atoms with Crippen molar-refractivity contribution in [1.82, 2.24) is 9.80 Å². The number of hydrogen-bond acceptors (Lipinski definition) is 4. The molecule has 5 heteroatoms. The van der Waals surface area contributed by atoms with Crippen LogP contribution in [0.25, 0.3) is 0 Å². The molecule has 1 aromatic heterocycles. The summed E-state index contributed by atoms with van der Waals surface area (Å²) in [6.07, 6.45) is 3.68. The molecule has 112 valence electrons. The minimum absolute atomic E-state index is 0.124. The Balaban J connectivity index is 1.61. The van der Waals surface area contributed by atoms with Crippen LogP contribution >= 0.6 is 11.3 Å². The van der Waals surface area contributed by atoms with Gasteiger partial charge in [0, 0.05) is 19.1 Å². The molecule has 0 bridgehead atoms. The largest absolute Gasteiger partial charge is 0.384 e. The molecule has 2 aliphatic heterocycles. The van der Waals surface area contributed by atoms with E-state index in [2.05, 4.69) is 16.7 Å². The molecular weight excluding hydrogens is 284 g/mol. The van der Waals surface area contributed by atoms with Crippen LogP contribution in [0.15, 0.2) is 12.1 Å². The molecule has 1 atom stereocenters. The van der Waals surface area contributed by atoms with Crippen molar-refractivity contribution in [3.63, 3.8) is 0 Å². The number of aliphatic hydroxyl groups excluding tert-OH is 1. The number of carbonyl (C=O) groups is 1. The number of aliphatic hydroxyl groups is 1. The Morgan fingerprint density at radius 2 is 2.14 bits per heavy atom. The maximum atomic E-state index is 12.5. The molecule has 2 aliphatic rings. The van der Waals surface area contributed by atoms with E-state index in [-0.39, 0.29) is 12.5 Å². The summed E-state index contributed by atoms with van der Waals surface area (Å²) < 4.78 is 0. The van der Waals surface area contributed by atoms with Gasteiger partial charge in [-0.25, -0.2) is 0 Å². The average molecular weight is 304 g/mol. The third kappa shape index (κ3) is 3.29. The van der Waals surface area contributed by atoms with Crippen LogP contribution in [0.2, 0.25) is 0 Å². The zero-order valence-electron chi connectivity index (χ0n) is 12.0. The van der Waals surface area contributed by atoms with Crippen molar-refractivity contribution in [2.75, 3.05) is 32.8 Å². The van der Waals surface area contributed by atoms with Gasteiger partial charge < -0.3 is 10.0 Å². The molecule has 1 aromatic rings. The maximum Gasteiger partial charge on any atom is 0.264 e. The molecule has 2 saturated heterocycles. The minimum atomic E-state index is -0.148. The molecule has 3 rings (SSSR count). The Kier molecular flexibility index (Phi) is 4.59. The summed E-state index contributed by atoms with van der Waals surface area (Å²) in [6, 6.07) is 4.25. The second-order valence-electron chi connectivity index (χ2n) is 5.56. The van der Waals surface area contributed by atoms with E-state index in [1.807, 2.05) is 17.0 Å². The summed E-state index contributed by atoms with van der Waals surface area (Å²) in [6.45, 7) is 3.94. The van der Waals surface area contributed by atoms with Crippen molar-refractivity contribution in [3.05, 3.63) is 21.9 Å². The van der Waals surface area contributed by atoms with Crippen molar-refractivity contribution < 1.29 is 9.90 Å². The molecule has 1 amide bonds. The standard InChI is InChI=1S/C16H20N2O2S/c19-11-3-4-14-5-6-15(21-14)16(20)18-10-7-13(12-18)17-8-1-2-9-17/h5-6,13,19H,1-2,7-12H2. The van der Waals surface area contributed by atoms with Gasteiger partial charge in [0.05, 0.1) is 9.75 Å². The Morgan fingerprint density at radius 1 is 1.33 bits per heavy atom. The first-order chi connectivity index (χ1) is 10.3. The lowest BCUT2D eigenvalue weighted by atomic mass is 10.2. The van der Waals surface area contributed by atoms with E-state index in [9.17, 15) is 4.79 Å². The molecule has 1 N–H and O–H groups in total. The van der Waals surface area contributed by atoms with Crippen molar-refractivity contribution in [2.24, 2.45) is 0 Å². The Morgan fingerprint density at radius 3 is 2.90 bits per heavy atom. The van der Waals surface area contributed by atoms with E-state index >= 15 is 0 Å². The first-order valence-corrected chi connectivity index (χ1v) is 8.32. The fourth-order valence-corrected chi connectivity index (χ4v) is 3.98. The molecule has 0 spiro atoms. The topological polar surface area (TPSA) is 43.8 Å². The summed E-state index contributed by atoms with van der Waals surface area (Å²) in [5.74, 6) is 5.59. The SMILES string of the molecule is O=C(c1ccc(C#CCO)s1)N1CCC(N2CCCC2)C1. The Labute approximate surface area is 129 Å². The van der Waals surface area contributed by atoms with Crippen molar-refractivity contribution in [1.29, 1.82) is 0 Å². The molecule has 2 fully saturated rings. The molecular formula is C16H20N2O2S. The average Bonchev–Trinajstić information content (AvgIpc) is 3.24. The van der Waals surface area contributed by atoms with Crippen LogP contribution in [-0.4, -0.2) is 59.6 Å². The van der Waals surface area contributed by atoms with Gasteiger partial charge in [-0.2, -0.15) is 0 Å². The third-order valence-corrected chi connectivity index (χ3v) is 5.20. The molecule has 0 aromatic carbocycles. The zero-order valence-corrected chi connectivity index (χ0v) is 12.9. The van der Waals surface area contributed by atoms with Gasteiger partial charge in [0.25, 0.3) is 5.91 Å². The van der Waals surface area contributed by atoms with Gasteiger partial charge in [-0.3, -0.25) is 9.69 Å². The van der Waals surface area contributed by atoms with Crippen LogP contribution in [0.3, 0.4) is 0 Å². The fraction of sp³-hybridized carbons (Fsp3) is 0.562. The van der Waals surface area contributed by atoms with Gasteiger partial charge in [0.15, 0.2) is 0 Å². The van der Waals surface area contributed by atoms with Gasteiger partial charge >= 0.3 is 0 Å². The summed E-state index contributed by atoms with van der Waals surface area (Å²) in [4.78, 5) is 18.6. The van der Waals surface area contributed by atoms with Gasteiger partial charge in [-0.05, 0) is 44.5 Å². The smallest absolute Gasteiger partial charge is 0.264 e. The number of hydrogen-bond donors (Lipinski definition) is 1. The van der Waals surface area contributed by atoms with Gasteiger partial charge in [-0.1, -0.05) is 11.8 Å². The van der Waals surface area contributed by atoms with Crippen LogP contribution < -0.4 is 0 Å². The number of rotatable bonds is 2. The lowest BCUT2D eigenvalue weighted by Crippen LogP contribution is -2.36. The number of likely N-dealkylation sites (tertiary alicyclic amines) is 2. The second kappa shape index (κ2) is 6.61. The highest BCUT2D eigenvalue weighted by atomic mass is 32.1. The Bertz CT molecular complexity index is 566. The number of nitrogens with zero attached hydrogens (tertiary/aromatic N) is 2. The van der Waals surface area contributed by atoms with Gasteiger partial charge in [-0.15, -0.1) is 11.3 Å². The summed E-state index contributed by atoms with van der Waals surface area (Å²) in [7, 11) is 0. The molecule has 4 nitrogen and oxygen atoms in total. The van der Waals surface area contributed by atoms with E-state index in [0.717, 1.165) is 29.3 Å². The van der Waals surface area contributed by atoms with Crippen LogP contribution in [-0.2, 0) is 0 Å². The fourth-order valence-electron chi connectivity index (χ4n) is 3.13. The number of carbonyl (C=O) groups excluding carboxylic acids is 1. The van der Waals surface area contributed by atoms with E-state index in [1.54, 1.807) is 0 Å².